The molecule has 0 saturated carbocycles. The van der Waals surface area contributed by atoms with Gasteiger partial charge in [-0.1, -0.05) is 6.42 Å². The van der Waals surface area contributed by atoms with Crippen LogP contribution in [0.2, 0.25) is 0 Å². The number of hydrogen-bond acceptors (Lipinski definition) is 4. The molecule has 0 amide bonds. The number of rotatable bonds is 5. The summed E-state index contributed by atoms with van der Waals surface area (Å²) in [7, 11) is 0. The van der Waals surface area contributed by atoms with Gasteiger partial charge in [0, 0.05) is 12.6 Å². The fourth-order valence-corrected chi connectivity index (χ4v) is 0.465. The SMILES string of the molecule is CC(N)CN.NCCCCCN. The van der Waals surface area contributed by atoms with Crippen molar-refractivity contribution in [3.63, 3.8) is 0 Å². The van der Waals surface area contributed by atoms with E-state index < -0.39 is 0 Å². The molecular weight excluding hydrogens is 152 g/mol. The van der Waals surface area contributed by atoms with Gasteiger partial charge < -0.3 is 22.9 Å². The largest absolute Gasteiger partial charge is 0.330 e. The molecule has 0 heterocycles. The van der Waals surface area contributed by atoms with E-state index in [2.05, 4.69) is 0 Å². The van der Waals surface area contributed by atoms with Crippen molar-refractivity contribution in [2.75, 3.05) is 19.6 Å². The molecule has 76 valence electrons. The molecule has 0 saturated heterocycles. The average molecular weight is 176 g/mol. The molecule has 0 spiro atoms. The zero-order valence-electron chi connectivity index (χ0n) is 8.13. The van der Waals surface area contributed by atoms with Gasteiger partial charge >= 0.3 is 0 Å². The Balaban J connectivity index is 0. The first-order chi connectivity index (χ1) is 5.68. The predicted octanol–water partition coefficient (Wildman–Crippen LogP) is -0.634. The molecule has 0 aliphatic rings. The van der Waals surface area contributed by atoms with E-state index in [1.807, 2.05) is 6.92 Å². The van der Waals surface area contributed by atoms with Crippen LogP contribution >= 0.6 is 0 Å². The molecule has 0 rings (SSSR count). The van der Waals surface area contributed by atoms with E-state index in [-0.39, 0.29) is 6.04 Å². The van der Waals surface area contributed by atoms with Gasteiger partial charge in [-0.25, -0.2) is 0 Å². The Morgan fingerprint density at radius 1 is 0.917 bits per heavy atom. The minimum atomic E-state index is 0.162. The van der Waals surface area contributed by atoms with Gasteiger partial charge in [-0.15, -0.1) is 0 Å². The lowest BCUT2D eigenvalue weighted by atomic mass is 10.2. The minimum Gasteiger partial charge on any atom is -0.330 e. The summed E-state index contributed by atoms with van der Waals surface area (Å²) in [6, 6.07) is 0.162. The highest BCUT2D eigenvalue weighted by Crippen LogP contribution is 1.88. The maximum Gasteiger partial charge on any atom is 0.0134 e. The summed E-state index contributed by atoms with van der Waals surface area (Å²) in [4.78, 5) is 0. The fraction of sp³-hybridized carbons (Fsp3) is 1.00. The summed E-state index contributed by atoms with van der Waals surface area (Å²) in [5.41, 5.74) is 20.7. The molecule has 0 fully saturated rings. The first-order valence-electron chi connectivity index (χ1n) is 4.54. The van der Waals surface area contributed by atoms with Crippen LogP contribution in [0, 0.1) is 0 Å². The van der Waals surface area contributed by atoms with Gasteiger partial charge in [0.25, 0.3) is 0 Å². The zero-order valence-corrected chi connectivity index (χ0v) is 8.13. The molecule has 1 atom stereocenters. The van der Waals surface area contributed by atoms with Crippen LogP contribution in [0.3, 0.4) is 0 Å². The average Bonchev–Trinajstić information content (AvgIpc) is 2.07. The quantitative estimate of drug-likeness (QED) is 0.418. The third-order valence-corrected chi connectivity index (χ3v) is 1.28. The zero-order chi connectivity index (χ0) is 9.82. The Morgan fingerprint density at radius 2 is 1.25 bits per heavy atom. The van der Waals surface area contributed by atoms with Crippen molar-refractivity contribution < 1.29 is 0 Å². The topological polar surface area (TPSA) is 104 Å². The van der Waals surface area contributed by atoms with Crippen molar-refractivity contribution in [2.45, 2.75) is 32.2 Å². The van der Waals surface area contributed by atoms with Crippen LogP contribution in [0.25, 0.3) is 0 Å². The van der Waals surface area contributed by atoms with Crippen molar-refractivity contribution in [1.82, 2.24) is 0 Å². The van der Waals surface area contributed by atoms with Gasteiger partial charge in [0.1, 0.15) is 0 Å². The van der Waals surface area contributed by atoms with Crippen molar-refractivity contribution in [3.8, 4) is 0 Å². The highest BCUT2D eigenvalue weighted by Gasteiger charge is 1.80. The predicted molar refractivity (Wildman–Crippen MR) is 54.7 cm³/mol. The third-order valence-electron chi connectivity index (χ3n) is 1.28. The minimum absolute atomic E-state index is 0.162. The fourth-order valence-electron chi connectivity index (χ4n) is 0.465. The summed E-state index contributed by atoms with van der Waals surface area (Å²) in [6.07, 6.45) is 3.43. The Morgan fingerprint density at radius 3 is 1.42 bits per heavy atom. The van der Waals surface area contributed by atoms with Gasteiger partial charge in [0.15, 0.2) is 0 Å². The maximum absolute atomic E-state index is 5.23. The second kappa shape index (κ2) is 13.4. The second-order valence-electron chi connectivity index (χ2n) is 2.85. The molecule has 0 aromatic carbocycles. The van der Waals surface area contributed by atoms with Crippen LogP contribution < -0.4 is 22.9 Å². The molecular formula is C8H24N4. The van der Waals surface area contributed by atoms with E-state index in [1.165, 1.54) is 6.42 Å². The van der Waals surface area contributed by atoms with Gasteiger partial charge in [-0.3, -0.25) is 0 Å². The van der Waals surface area contributed by atoms with Gasteiger partial charge in [-0.2, -0.15) is 0 Å². The normalized spacial score (nSPS) is 11.8. The van der Waals surface area contributed by atoms with Crippen LogP contribution in [0.1, 0.15) is 26.2 Å². The molecule has 0 aliphatic carbocycles. The molecule has 8 N–H and O–H groups in total. The molecule has 0 aliphatic heterocycles. The highest BCUT2D eigenvalue weighted by atomic mass is 14.7. The molecule has 0 bridgehead atoms. The van der Waals surface area contributed by atoms with Gasteiger partial charge in [0.2, 0.25) is 0 Å². The van der Waals surface area contributed by atoms with E-state index >= 15 is 0 Å². The first-order valence-corrected chi connectivity index (χ1v) is 4.54. The molecule has 0 aromatic rings. The lowest BCUT2D eigenvalue weighted by molar-refractivity contribution is 0.695. The van der Waals surface area contributed by atoms with Crippen molar-refractivity contribution in [1.29, 1.82) is 0 Å². The number of hydrogen-bond donors (Lipinski definition) is 4. The Labute approximate surface area is 75.7 Å². The van der Waals surface area contributed by atoms with Crippen LogP contribution in [0.4, 0.5) is 0 Å². The maximum atomic E-state index is 5.23. The van der Waals surface area contributed by atoms with E-state index in [0.29, 0.717) is 6.54 Å². The lowest BCUT2D eigenvalue weighted by Gasteiger charge is -1.92. The van der Waals surface area contributed by atoms with E-state index in [0.717, 1.165) is 25.9 Å². The van der Waals surface area contributed by atoms with Crippen molar-refractivity contribution >= 4 is 0 Å². The lowest BCUT2D eigenvalue weighted by Crippen LogP contribution is -2.25. The Kier molecular flexibility index (Phi) is 16.1. The molecule has 0 radical (unpaired) electrons. The summed E-state index contributed by atoms with van der Waals surface area (Å²) in [6.45, 7) is 4.07. The summed E-state index contributed by atoms with van der Waals surface area (Å²) >= 11 is 0. The Bertz CT molecular complexity index is 62.1. The van der Waals surface area contributed by atoms with Gasteiger partial charge in [-0.05, 0) is 32.9 Å². The standard InChI is InChI=1S/C5H14N2.C3H10N2/c6-4-2-1-3-5-7;1-3(5)2-4/h1-7H2;3H,2,4-5H2,1H3. The Hall–Kier alpha value is -0.160. The number of nitrogens with two attached hydrogens (primary N) is 4. The summed E-state index contributed by atoms with van der Waals surface area (Å²) < 4.78 is 0. The van der Waals surface area contributed by atoms with Crippen LogP contribution in [0.15, 0.2) is 0 Å². The van der Waals surface area contributed by atoms with Crippen LogP contribution in [-0.4, -0.2) is 25.7 Å². The molecule has 1 unspecified atom stereocenters. The van der Waals surface area contributed by atoms with Crippen LogP contribution in [-0.2, 0) is 0 Å². The van der Waals surface area contributed by atoms with E-state index in [1.54, 1.807) is 0 Å². The van der Waals surface area contributed by atoms with E-state index in [4.69, 9.17) is 22.9 Å². The molecule has 4 nitrogen and oxygen atoms in total. The van der Waals surface area contributed by atoms with Crippen molar-refractivity contribution in [2.24, 2.45) is 22.9 Å². The molecule has 0 aromatic heterocycles. The molecule has 12 heavy (non-hydrogen) atoms. The van der Waals surface area contributed by atoms with Crippen LogP contribution in [0.5, 0.6) is 0 Å². The first kappa shape index (κ1) is 14.4. The van der Waals surface area contributed by atoms with Gasteiger partial charge in [0.05, 0.1) is 0 Å². The highest BCUT2D eigenvalue weighted by molar-refractivity contribution is 4.48. The third kappa shape index (κ3) is 22.5. The molecule has 4 heteroatoms. The van der Waals surface area contributed by atoms with E-state index in [9.17, 15) is 0 Å². The second-order valence-corrected chi connectivity index (χ2v) is 2.85. The van der Waals surface area contributed by atoms with Crippen molar-refractivity contribution in [3.05, 3.63) is 0 Å². The smallest absolute Gasteiger partial charge is 0.0134 e. The monoisotopic (exact) mass is 176 g/mol. The summed E-state index contributed by atoms with van der Waals surface area (Å²) in [5.74, 6) is 0. The number of unbranched alkanes of at least 4 members (excludes halogenated alkanes) is 2. The summed E-state index contributed by atoms with van der Waals surface area (Å²) in [5, 5.41) is 0.